The van der Waals surface area contributed by atoms with Crippen molar-refractivity contribution < 1.29 is 5.11 Å². The number of hydrogen-bond acceptors (Lipinski definition) is 2. The molecule has 3 heterocycles. The van der Waals surface area contributed by atoms with E-state index in [0.29, 0.717) is 10.8 Å². The Hall–Kier alpha value is -0.340. The van der Waals surface area contributed by atoms with Gasteiger partial charge in [-0.2, -0.15) is 0 Å². The molecule has 7 unspecified atom stereocenters. The summed E-state index contributed by atoms with van der Waals surface area (Å²) in [5.41, 5.74) is 2.92. The molecule has 2 heteroatoms. The zero-order chi connectivity index (χ0) is 14.6. The summed E-state index contributed by atoms with van der Waals surface area (Å²) in [5, 5.41) is 11.3. The molecule has 22 heavy (non-hydrogen) atoms. The smallest absolute Gasteiger partial charge is 0.0618 e. The summed E-state index contributed by atoms with van der Waals surface area (Å²) in [6.45, 7) is 8.36. The number of rotatable bonds is 0. The minimum Gasteiger partial charge on any atom is -0.392 e. The van der Waals surface area contributed by atoms with Crippen molar-refractivity contribution in [3.63, 3.8) is 0 Å². The van der Waals surface area contributed by atoms with Gasteiger partial charge in [-0.05, 0) is 73.0 Å². The Bertz CT molecular complexity index is 644. The minimum absolute atomic E-state index is 0.0110. The summed E-state index contributed by atoms with van der Waals surface area (Å²) >= 11 is 0. The average Bonchev–Trinajstić information content (AvgIpc) is 2.89. The van der Waals surface area contributed by atoms with E-state index in [2.05, 4.69) is 18.4 Å². The van der Waals surface area contributed by atoms with E-state index >= 15 is 0 Å². The van der Waals surface area contributed by atoms with Crippen molar-refractivity contribution in [1.82, 2.24) is 4.90 Å². The number of fused-ring (bicyclic) bond motifs is 1. The third kappa shape index (κ3) is 0.833. The van der Waals surface area contributed by atoms with Crippen LogP contribution in [0.25, 0.3) is 0 Å². The topological polar surface area (TPSA) is 23.5 Å². The van der Waals surface area contributed by atoms with Gasteiger partial charge in [0.1, 0.15) is 0 Å². The normalized spacial score (nSPS) is 75.1. The van der Waals surface area contributed by atoms with Crippen molar-refractivity contribution in [3.05, 3.63) is 12.2 Å². The summed E-state index contributed by atoms with van der Waals surface area (Å²) in [5.74, 6) is 3.30. The Kier molecular flexibility index (Phi) is 1.64. The van der Waals surface area contributed by atoms with Crippen LogP contribution in [-0.4, -0.2) is 34.7 Å². The highest BCUT2D eigenvalue weighted by Crippen LogP contribution is 2.86. The molecule has 0 amide bonds. The van der Waals surface area contributed by atoms with Gasteiger partial charge in [-0.3, -0.25) is 4.90 Å². The van der Waals surface area contributed by atoms with E-state index in [1.807, 2.05) is 0 Å². The average molecular weight is 297 g/mol. The Morgan fingerprint density at radius 3 is 3.05 bits per heavy atom. The largest absolute Gasteiger partial charge is 0.392 e. The predicted molar refractivity (Wildman–Crippen MR) is 84.1 cm³/mol. The zero-order valence-electron chi connectivity index (χ0n) is 13.6. The predicted octanol–water partition coefficient (Wildman–Crippen LogP) is 2.82. The third-order valence-electron chi connectivity index (χ3n) is 10.3. The maximum Gasteiger partial charge on any atom is 0.0618 e. The second-order valence-electron chi connectivity index (χ2n) is 10.5. The molecule has 2 nitrogen and oxygen atoms in total. The Balaban J connectivity index is 1.54. The first-order valence-corrected chi connectivity index (χ1v) is 9.64. The van der Waals surface area contributed by atoms with E-state index in [9.17, 15) is 5.11 Å². The van der Waals surface area contributed by atoms with E-state index in [0.717, 1.165) is 42.2 Å². The molecule has 3 aliphatic heterocycles. The number of hydrogen-bond donors (Lipinski definition) is 1. The second kappa shape index (κ2) is 2.99. The highest BCUT2D eigenvalue weighted by Gasteiger charge is 2.88. The Morgan fingerprint density at radius 2 is 2.18 bits per heavy atom. The number of nitrogens with zero attached hydrogens (tertiary/aromatic N) is 1. The summed E-state index contributed by atoms with van der Waals surface area (Å²) in [4.78, 5) is 2.94. The first-order chi connectivity index (χ1) is 10.5. The molecule has 9 fully saturated rings. The molecule has 0 aromatic rings. The fraction of sp³-hybridized carbons (Fsp3) is 0.900. The van der Waals surface area contributed by atoms with E-state index < -0.39 is 0 Å². The van der Waals surface area contributed by atoms with Crippen LogP contribution in [0.2, 0.25) is 0 Å². The summed E-state index contributed by atoms with van der Waals surface area (Å²) < 4.78 is 0. The van der Waals surface area contributed by atoms with E-state index in [1.54, 1.807) is 5.57 Å². The van der Waals surface area contributed by atoms with Crippen LogP contribution in [0.5, 0.6) is 0 Å². The van der Waals surface area contributed by atoms with Crippen LogP contribution >= 0.6 is 0 Å². The van der Waals surface area contributed by atoms with Crippen LogP contribution in [0, 0.1) is 39.9 Å². The highest BCUT2D eigenvalue weighted by atomic mass is 16.3. The van der Waals surface area contributed by atoms with Gasteiger partial charge in [-0.25, -0.2) is 0 Å². The van der Waals surface area contributed by atoms with Crippen LogP contribution in [0.4, 0.5) is 0 Å². The van der Waals surface area contributed by atoms with Crippen LogP contribution in [0.1, 0.15) is 45.4 Å². The van der Waals surface area contributed by atoms with Gasteiger partial charge in [0.25, 0.3) is 0 Å². The lowest BCUT2D eigenvalue weighted by Crippen LogP contribution is -2.63. The number of piperidine rings is 2. The van der Waals surface area contributed by atoms with Crippen molar-refractivity contribution in [2.75, 3.05) is 6.54 Å². The summed E-state index contributed by atoms with van der Waals surface area (Å²) in [6.07, 6.45) is 7.86. The number of aliphatic hydroxyl groups is 1. The van der Waals surface area contributed by atoms with E-state index in [4.69, 9.17) is 0 Å². The summed E-state index contributed by atoms with van der Waals surface area (Å²) in [6, 6.07) is 1.54. The minimum atomic E-state index is -0.0110. The van der Waals surface area contributed by atoms with Crippen molar-refractivity contribution in [3.8, 4) is 0 Å². The van der Waals surface area contributed by atoms with Gasteiger partial charge >= 0.3 is 0 Å². The zero-order valence-corrected chi connectivity index (χ0v) is 13.6. The number of allylic oxidation sites excluding steroid dienone is 1. The van der Waals surface area contributed by atoms with Gasteiger partial charge in [0.2, 0.25) is 0 Å². The Morgan fingerprint density at radius 1 is 1.32 bits per heavy atom. The first kappa shape index (κ1) is 12.1. The fourth-order valence-corrected chi connectivity index (χ4v) is 10.3. The van der Waals surface area contributed by atoms with Crippen LogP contribution < -0.4 is 0 Å². The molecule has 11 atom stereocenters. The van der Waals surface area contributed by atoms with Crippen LogP contribution in [-0.2, 0) is 0 Å². The molecular formula is C20H27NO. The highest BCUT2D eigenvalue weighted by molar-refractivity contribution is 5.41. The van der Waals surface area contributed by atoms with Crippen molar-refractivity contribution in [2.45, 2.75) is 63.6 Å². The van der Waals surface area contributed by atoms with Crippen LogP contribution in [0.15, 0.2) is 12.2 Å². The standard InChI is InChI=1S/C20H27NO/c1-10-7-19-8-13-16-18(2)4-3-15(22)20(16)14(19)6-11(10)5-12(19)17(20)21(13)9-18/h11-17,22H,1,3-9H2,2H3/t11?,12-,13-,14?,15?,16?,17-,18?,19+,20?/m1/s1. The molecule has 1 N–H and O–H groups in total. The van der Waals surface area contributed by atoms with Crippen molar-refractivity contribution in [2.24, 2.45) is 39.9 Å². The van der Waals surface area contributed by atoms with E-state index in [-0.39, 0.29) is 11.5 Å². The quantitative estimate of drug-likeness (QED) is 0.695. The molecule has 9 rings (SSSR count). The van der Waals surface area contributed by atoms with Crippen molar-refractivity contribution >= 4 is 0 Å². The van der Waals surface area contributed by atoms with Gasteiger partial charge in [-0.15, -0.1) is 0 Å². The molecule has 3 saturated heterocycles. The molecule has 118 valence electrons. The number of aliphatic hydroxyl groups excluding tert-OH is 1. The van der Waals surface area contributed by atoms with Gasteiger partial charge in [0.15, 0.2) is 0 Å². The van der Waals surface area contributed by atoms with Gasteiger partial charge in [-0.1, -0.05) is 19.1 Å². The molecule has 0 aromatic heterocycles. The van der Waals surface area contributed by atoms with Crippen molar-refractivity contribution in [1.29, 1.82) is 0 Å². The lowest BCUT2D eigenvalue weighted by molar-refractivity contribution is -0.170. The molecule has 6 saturated carbocycles. The van der Waals surface area contributed by atoms with Gasteiger partial charge < -0.3 is 5.11 Å². The first-order valence-electron chi connectivity index (χ1n) is 9.64. The Labute approximate surface area is 132 Å². The fourth-order valence-electron chi connectivity index (χ4n) is 10.3. The maximum atomic E-state index is 11.3. The van der Waals surface area contributed by atoms with E-state index in [1.165, 1.54) is 38.6 Å². The lowest BCUT2D eigenvalue weighted by atomic mass is 9.40. The lowest BCUT2D eigenvalue weighted by Gasteiger charge is -2.64. The van der Waals surface area contributed by atoms with Gasteiger partial charge in [0.05, 0.1) is 6.10 Å². The maximum absolute atomic E-state index is 11.3. The third-order valence-corrected chi connectivity index (χ3v) is 10.3. The van der Waals surface area contributed by atoms with Crippen LogP contribution in [0.3, 0.4) is 0 Å². The molecular weight excluding hydrogens is 270 g/mol. The molecule has 9 aliphatic rings. The van der Waals surface area contributed by atoms with Gasteiger partial charge in [0, 0.05) is 24.0 Å². The summed E-state index contributed by atoms with van der Waals surface area (Å²) in [7, 11) is 0. The molecule has 2 spiro atoms. The molecule has 0 radical (unpaired) electrons. The SMILES string of the molecule is C=C1C[C@@]23C[C@@H]4C5C6(C)CCC(O)C57C2CC1C[C@@H]3[C@H]7N4C6. The molecule has 9 bridgehead atoms. The second-order valence-corrected chi connectivity index (χ2v) is 10.5. The molecule has 6 aliphatic carbocycles. The monoisotopic (exact) mass is 297 g/mol. The molecule has 0 aromatic carbocycles.